The molecule has 194 valence electrons. The molecule has 0 aliphatic carbocycles. The molecule has 1 N–H and O–H groups in total. The lowest BCUT2D eigenvalue weighted by molar-refractivity contribution is -0.138. The first kappa shape index (κ1) is 27.8. The molecular formula is C28H20Cl3NO5S. The van der Waals surface area contributed by atoms with Crippen molar-refractivity contribution in [2.75, 3.05) is 6.61 Å². The van der Waals surface area contributed by atoms with Crippen molar-refractivity contribution < 1.29 is 24.2 Å². The standard InChI is InChI=1S/C28H20Cl3NO5S/c1-2-36-28(35)24-25(33)23(38-27(24)32-26(34)18-6-4-3-5-7-18)14-16-9-11-22(21(31)12-16)37-15-17-8-10-19(29)20(30)13-17/h3-14,33H,2,15H2,1H3/b23-14-,32-27?. The molecule has 1 heterocycles. The Morgan fingerprint density at radius 1 is 0.974 bits per heavy atom. The second-order valence-corrected chi connectivity index (χ2v) is 10.1. The Morgan fingerprint density at radius 3 is 2.42 bits per heavy atom. The second kappa shape index (κ2) is 12.5. The molecule has 4 rings (SSSR count). The topological polar surface area (TPSA) is 85.2 Å². The van der Waals surface area contributed by atoms with Crippen LogP contribution in [0, 0.1) is 0 Å². The summed E-state index contributed by atoms with van der Waals surface area (Å²) in [6.45, 7) is 1.97. The van der Waals surface area contributed by atoms with E-state index in [4.69, 9.17) is 44.3 Å². The Kier molecular flexibility index (Phi) is 9.17. The van der Waals surface area contributed by atoms with Crippen molar-refractivity contribution in [3.63, 3.8) is 0 Å². The van der Waals surface area contributed by atoms with E-state index in [-0.39, 0.29) is 29.6 Å². The number of benzene rings is 3. The number of thioether (sulfide) groups is 1. The van der Waals surface area contributed by atoms with Gasteiger partial charge in [-0.15, -0.1) is 0 Å². The van der Waals surface area contributed by atoms with Crippen molar-refractivity contribution in [2.24, 2.45) is 4.99 Å². The van der Waals surface area contributed by atoms with Gasteiger partial charge in [0, 0.05) is 5.56 Å². The second-order valence-electron chi connectivity index (χ2n) is 7.87. The van der Waals surface area contributed by atoms with E-state index in [1.54, 1.807) is 79.7 Å². The summed E-state index contributed by atoms with van der Waals surface area (Å²) in [6.07, 6.45) is 1.63. The van der Waals surface area contributed by atoms with Crippen LogP contribution in [0.4, 0.5) is 0 Å². The number of hydrogen-bond donors (Lipinski definition) is 1. The Hall–Kier alpha value is -3.23. The fourth-order valence-corrected chi connectivity index (χ4v) is 4.97. The van der Waals surface area contributed by atoms with Gasteiger partial charge in [0.15, 0.2) is 0 Å². The van der Waals surface area contributed by atoms with Crippen LogP contribution >= 0.6 is 46.6 Å². The first-order valence-electron chi connectivity index (χ1n) is 11.3. The lowest BCUT2D eigenvalue weighted by Crippen LogP contribution is -2.14. The van der Waals surface area contributed by atoms with E-state index in [1.165, 1.54) is 0 Å². The SMILES string of the molecule is CCOC(=O)C1=C(O)/C(=C/c2ccc(OCc3ccc(Cl)c(Cl)c3)c(Cl)c2)SC1=NC(=O)c1ccccc1. The number of hydrogen-bond acceptors (Lipinski definition) is 6. The first-order valence-corrected chi connectivity index (χ1v) is 13.3. The van der Waals surface area contributed by atoms with Crippen LogP contribution in [0.3, 0.4) is 0 Å². The lowest BCUT2D eigenvalue weighted by Gasteiger charge is -2.10. The van der Waals surface area contributed by atoms with Gasteiger partial charge >= 0.3 is 5.97 Å². The zero-order valence-electron chi connectivity index (χ0n) is 19.9. The Bertz CT molecular complexity index is 1490. The molecule has 3 aromatic rings. The van der Waals surface area contributed by atoms with Gasteiger partial charge in [0.25, 0.3) is 5.91 Å². The monoisotopic (exact) mass is 587 g/mol. The van der Waals surface area contributed by atoms with Crippen LogP contribution in [0.15, 0.2) is 88.0 Å². The molecule has 0 unspecified atom stereocenters. The summed E-state index contributed by atoms with van der Waals surface area (Å²) in [5, 5.41) is 12.1. The number of aliphatic hydroxyl groups excluding tert-OH is 1. The quantitative estimate of drug-likeness (QED) is 0.282. The van der Waals surface area contributed by atoms with Crippen LogP contribution < -0.4 is 4.74 Å². The van der Waals surface area contributed by atoms with Gasteiger partial charge in [-0.25, -0.2) is 9.79 Å². The highest BCUT2D eigenvalue weighted by molar-refractivity contribution is 8.18. The third-order valence-corrected chi connectivity index (χ3v) is 7.28. The Labute approximate surface area is 238 Å². The predicted molar refractivity (Wildman–Crippen MR) is 152 cm³/mol. The molecule has 1 amide bonds. The normalized spacial score (nSPS) is 15.3. The third-order valence-electron chi connectivity index (χ3n) is 5.23. The van der Waals surface area contributed by atoms with Gasteiger partial charge in [-0.3, -0.25) is 4.79 Å². The van der Waals surface area contributed by atoms with Gasteiger partial charge in [0.2, 0.25) is 0 Å². The average Bonchev–Trinajstić information content (AvgIpc) is 3.20. The molecule has 1 aliphatic rings. The fraction of sp³-hybridized carbons (Fsp3) is 0.107. The van der Waals surface area contributed by atoms with Crippen LogP contribution in [0.1, 0.15) is 28.4 Å². The summed E-state index contributed by atoms with van der Waals surface area (Å²) >= 11 is 19.4. The number of esters is 1. The molecular weight excluding hydrogens is 569 g/mol. The van der Waals surface area contributed by atoms with E-state index in [0.717, 1.165) is 17.3 Å². The van der Waals surface area contributed by atoms with Crippen LogP contribution in [-0.4, -0.2) is 28.6 Å². The lowest BCUT2D eigenvalue weighted by atomic mass is 10.1. The van der Waals surface area contributed by atoms with E-state index in [9.17, 15) is 14.7 Å². The zero-order valence-corrected chi connectivity index (χ0v) is 23.0. The van der Waals surface area contributed by atoms with Crippen LogP contribution in [0.5, 0.6) is 5.75 Å². The van der Waals surface area contributed by atoms with Crippen LogP contribution in [0.25, 0.3) is 6.08 Å². The van der Waals surface area contributed by atoms with Crippen molar-refractivity contribution in [1.82, 2.24) is 0 Å². The minimum atomic E-state index is -0.774. The maximum Gasteiger partial charge on any atom is 0.344 e. The highest BCUT2D eigenvalue weighted by Crippen LogP contribution is 2.40. The molecule has 0 aromatic heterocycles. The van der Waals surface area contributed by atoms with Crippen molar-refractivity contribution in [3.05, 3.63) is 115 Å². The number of carbonyl (C=O) groups excluding carboxylic acids is 2. The number of amides is 1. The van der Waals surface area contributed by atoms with E-state index in [0.29, 0.717) is 36.8 Å². The van der Waals surface area contributed by atoms with E-state index in [1.807, 2.05) is 0 Å². The Morgan fingerprint density at radius 2 is 1.74 bits per heavy atom. The van der Waals surface area contributed by atoms with Gasteiger partial charge in [0.05, 0.1) is 26.6 Å². The fourth-order valence-electron chi connectivity index (χ4n) is 3.40. The van der Waals surface area contributed by atoms with Crippen molar-refractivity contribution in [2.45, 2.75) is 13.5 Å². The number of rotatable bonds is 7. The maximum absolute atomic E-state index is 12.7. The summed E-state index contributed by atoms with van der Waals surface area (Å²) in [5.74, 6) is -1.20. The number of aliphatic imine (C=N–C) groups is 1. The number of halogens is 3. The average molecular weight is 589 g/mol. The van der Waals surface area contributed by atoms with Crippen molar-refractivity contribution in [1.29, 1.82) is 0 Å². The molecule has 6 nitrogen and oxygen atoms in total. The van der Waals surface area contributed by atoms with Gasteiger partial charge < -0.3 is 14.6 Å². The number of aliphatic hydroxyl groups is 1. The molecule has 0 atom stereocenters. The predicted octanol–water partition coefficient (Wildman–Crippen LogP) is 7.93. The van der Waals surface area contributed by atoms with Gasteiger partial charge in [-0.2, -0.15) is 0 Å². The van der Waals surface area contributed by atoms with Crippen molar-refractivity contribution >= 4 is 69.6 Å². The minimum Gasteiger partial charge on any atom is -0.506 e. The summed E-state index contributed by atoms with van der Waals surface area (Å²) in [5.41, 5.74) is 1.64. The van der Waals surface area contributed by atoms with Crippen LogP contribution in [-0.2, 0) is 16.1 Å². The summed E-state index contributed by atoms with van der Waals surface area (Å²) in [6, 6.07) is 18.7. The van der Waals surface area contributed by atoms with E-state index >= 15 is 0 Å². The molecule has 38 heavy (non-hydrogen) atoms. The molecule has 0 saturated carbocycles. The number of carbonyl (C=O) groups is 2. The number of ether oxygens (including phenoxy) is 2. The molecule has 0 bridgehead atoms. The highest BCUT2D eigenvalue weighted by Gasteiger charge is 2.34. The first-order chi connectivity index (χ1) is 18.3. The molecule has 0 spiro atoms. The minimum absolute atomic E-state index is 0.0497. The van der Waals surface area contributed by atoms with Crippen molar-refractivity contribution in [3.8, 4) is 5.75 Å². The van der Waals surface area contributed by atoms with Gasteiger partial charge in [0.1, 0.15) is 28.7 Å². The van der Waals surface area contributed by atoms with Gasteiger partial charge in [-0.05, 0) is 60.5 Å². The summed E-state index contributed by atoms with van der Waals surface area (Å²) in [7, 11) is 0. The highest BCUT2D eigenvalue weighted by atomic mass is 35.5. The molecule has 0 radical (unpaired) electrons. The van der Waals surface area contributed by atoms with Gasteiger partial charge in [-0.1, -0.05) is 76.9 Å². The Balaban J connectivity index is 1.58. The van der Waals surface area contributed by atoms with Crippen LogP contribution in [0.2, 0.25) is 15.1 Å². The summed E-state index contributed by atoms with van der Waals surface area (Å²) < 4.78 is 10.9. The van der Waals surface area contributed by atoms with E-state index in [2.05, 4.69) is 4.99 Å². The summed E-state index contributed by atoms with van der Waals surface area (Å²) in [4.78, 5) is 29.6. The third kappa shape index (κ3) is 6.60. The molecule has 1 aliphatic heterocycles. The maximum atomic E-state index is 12.7. The smallest absolute Gasteiger partial charge is 0.344 e. The zero-order chi connectivity index (χ0) is 27.2. The molecule has 0 fully saturated rings. The molecule has 10 heteroatoms. The number of nitrogens with zero attached hydrogens (tertiary/aromatic N) is 1. The largest absolute Gasteiger partial charge is 0.506 e. The molecule has 0 saturated heterocycles. The van der Waals surface area contributed by atoms with E-state index < -0.39 is 11.9 Å². The molecule has 3 aromatic carbocycles.